The lowest BCUT2D eigenvalue weighted by Gasteiger charge is -2.24. The number of nitrogens with zero attached hydrogens (tertiary/aromatic N) is 2. The fourth-order valence-electron chi connectivity index (χ4n) is 8.34. The topological polar surface area (TPSA) is 162 Å². The van der Waals surface area contributed by atoms with Crippen molar-refractivity contribution in [3.8, 4) is 22.6 Å². The predicted molar refractivity (Wildman–Crippen MR) is 225 cm³/mol. The van der Waals surface area contributed by atoms with Gasteiger partial charge in [-0.15, -0.1) is 0 Å². The molecule has 1 saturated heterocycles. The number of rotatable bonds is 18. The minimum atomic E-state index is -0.934. The van der Waals surface area contributed by atoms with Crippen molar-refractivity contribution < 1.29 is 38.8 Å². The zero-order valence-corrected chi connectivity index (χ0v) is 33.6. The first-order valence-corrected chi connectivity index (χ1v) is 20.6. The standard InChI is InChI=1S/C46H55N5O8/c1-50(22-20-47-27-41(53)38-15-16-40(52)44-45(38)58-30-42(54)49-44)43(55)19-24-57-23-18-32-13-11-31(12-14-32)17-21-51-28-34-25-36(26-35(34)29-51)59-46(56)48-39-10-6-5-9-37(39)33-7-3-2-4-8-33/h2-16,34-36,41,47,52-53H,17-30H2,1H3,(H,48,56)(H,49,54)/t34?,35?,36?,41-/m0/s1. The number of para-hydroxylation sites is 1. The van der Waals surface area contributed by atoms with Crippen molar-refractivity contribution in [3.05, 3.63) is 108 Å². The maximum absolute atomic E-state index is 12.9. The van der Waals surface area contributed by atoms with Crippen LogP contribution in [0.2, 0.25) is 0 Å². The fraction of sp³-hybridized carbons (Fsp3) is 0.413. The molecule has 3 atom stereocenters. The zero-order valence-electron chi connectivity index (χ0n) is 33.6. The van der Waals surface area contributed by atoms with Crippen LogP contribution in [0.4, 0.5) is 16.2 Å². The zero-order chi connectivity index (χ0) is 41.1. The van der Waals surface area contributed by atoms with E-state index in [-0.39, 0.29) is 60.8 Å². The van der Waals surface area contributed by atoms with E-state index in [2.05, 4.69) is 45.1 Å². The van der Waals surface area contributed by atoms with E-state index in [9.17, 15) is 24.6 Å². The van der Waals surface area contributed by atoms with Crippen molar-refractivity contribution in [1.29, 1.82) is 0 Å². The average Bonchev–Trinajstić information content (AvgIpc) is 3.80. The quantitative estimate of drug-likeness (QED) is 0.0631. The van der Waals surface area contributed by atoms with Gasteiger partial charge in [0.25, 0.3) is 5.91 Å². The van der Waals surface area contributed by atoms with Gasteiger partial charge in [0.2, 0.25) is 5.91 Å². The third-order valence-corrected chi connectivity index (χ3v) is 11.6. The van der Waals surface area contributed by atoms with Crippen LogP contribution in [0.1, 0.15) is 42.1 Å². The number of benzene rings is 4. The van der Waals surface area contributed by atoms with Gasteiger partial charge in [0.05, 0.1) is 31.4 Å². The summed E-state index contributed by atoms with van der Waals surface area (Å²) in [6, 6.07) is 29.5. The Labute approximate surface area is 345 Å². The molecule has 0 aromatic heterocycles. The number of hydrogen-bond donors (Lipinski definition) is 5. The van der Waals surface area contributed by atoms with Gasteiger partial charge in [0.1, 0.15) is 17.5 Å². The summed E-state index contributed by atoms with van der Waals surface area (Å²) < 4.78 is 17.2. The summed E-state index contributed by atoms with van der Waals surface area (Å²) in [7, 11) is 1.74. The van der Waals surface area contributed by atoms with Crippen molar-refractivity contribution in [3.63, 3.8) is 0 Å². The Hall–Kier alpha value is -5.47. The number of phenolic OH excluding ortho intramolecular Hbond substituents is 1. The number of ether oxygens (including phenoxy) is 3. The van der Waals surface area contributed by atoms with E-state index >= 15 is 0 Å². The Morgan fingerprint density at radius 1 is 0.932 bits per heavy atom. The average molecular weight is 806 g/mol. The van der Waals surface area contributed by atoms with Crippen LogP contribution in [0.3, 0.4) is 0 Å². The molecule has 13 nitrogen and oxygen atoms in total. The number of fused-ring (bicyclic) bond motifs is 2. The number of phenols is 1. The van der Waals surface area contributed by atoms with Crippen LogP contribution in [0, 0.1) is 11.8 Å². The monoisotopic (exact) mass is 805 g/mol. The van der Waals surface area contributed by atoms with Gasteiger partial charge in [0, 0.05) is 57.4 Å². The molecule has 4 aromatic rings. The van der Waals surface area contributed by atoms with Crippen molar-refractivity contribution in [2.24, 2.45) is 11.8 Å². The summed E-state index contributed by atoms with van der Waals surface area (Å²) >= 11 is 0. The Morgan fingerprint density at radius 3 is 2.41 bits per heavy atom. The Bertz CT molecular complexity index is 2030. The lowest BCUT2D eigenvalue weighted by Crippen LogP contribution is -2.35. The first-order valence-electron chi connectivity index (χ1n) is 20.6. The molecule has 0 spiro atoms. The second-order valence-electron chi connectivity index (χ2n) is 15.7. The maximum Gasteiger partial charge on any atom is 0.411 e. The summed E-state index contributed by atoms with van der Waals surface area (Å²) in [5.74, 6) is 0.846. The summed E-state index contributed by atoms with van der Waals surface area (Å²) in [6.45, 7) is 4.92. The molecule has 312 valence electrons. The fourth-order valence-corrected chi connectivity index (χ4v) is 8.34. The van der Waals surface area contributed by atoms with E-state index in [1.807, 2.05) is 54.6 Å². The molecule has 0 bridgehead atoms. The number of anilines is 2. The SMILES string of the molecule is CN(CCNC[C@H](O)c1ccc(O)c2c1OCC(=O)N2)C(=O)CCOCCc1ccc(CCN2CC3CC(OC(=O)Nc4ccccc4-c4ccccc4)CC3C2)cc1. The predicted octanol–water partition coefficient (Wildman–Crippen LogP) is 5.62. The van der Waals surface area contributed by atoms with Crippen LogP contribution in [0.25, 0.3) is 11.1 Å². The van der Waals surface area contributed by atoms with Gasteiger partial charge in [-0.05, 0) is 72.4 Å². The number of aromatic hydroxyl groups is 1. The molecule has 2 unspecified atom stereocenters. The molecule has 4 aromatic carbocycles. The molecule has 0 radical (unpaired) electrons. The number of carbonyl (C=O) groups is 3. The molecule has 2 fully saturated rings. The van der Waals surface area contributed by atoms with Crippen molar-refractivity contribution in [2.75, 3.05) is 76.8 Å². The van der Waals surface area contributed by atoms with E-state index < -0.39 is 6.10 Å². The highest BCUT2D eigenvalue weighted by molar-refractivity contribution is 5.97. The number of aliphatic hydroxyl groups is 1. The summed E-state index contributed by atoms with van der Waals surface area (Å²) in [4.78, 5) is 41.3. The Morgan fingerprint density at radius 2 is 1.64 bits per heavy atom. The Balaban J connectivity index is 0.726. The van der Waals surface area contributed by atoms with Gasteiger partial charge in [-0.3, -0.25) is 14.9 Å². The van der Waals surface area contributed by atoms with E-state index in [1.165, 1.54) is 17.2 Å². The molecular formula is C46H55N5O8. The molecule has 1 aliphatic carbocycles. The lowest BCUT2D eigenvalue weighted by molar-refractivity contribution is -0.131. The lowest BCUT2D eigenvalue weighted by atomic mass is 10.0. The highest BCUT2D eigenvalue weighted by Gasteiger charge is 2.42. The molecular weight excluding hydrogens is 751 g/mol. The van der Waals surface area contributed by atoms with E-state index in [0.29, 0.717) is 43.7 Å². The van der Waals surface area contributed by atoms with E-state index in [1.54, 1.807) is 18.0 Å². The first kappa shape index (κ1) is 41.7. The summed E-state index contributed by atoms with van der Waals surface area (Å²) in [5, 5.41) is 29.4. The van der Waals surface area contributed by atoms with Gasteiger partial charge in [-0.25, -0.2) is 4.79 Å². The molecule has 5 N–H and O–H groups in total. The highest BCUT2D eigenvalue weighted by Crippen LogP contribution is 2.42. The molecule has 2 aliphatic heterocycles. The van der Waals surface area contributed by atoms with Crippen LogP contribution in [0.15, 0.2) is 91.0 Å². The molecule has 3 amide bonds. The number of nitrogens with one attached hydrogen (secondary N) is 3. The number of aliphatic hydroxyl groups excluding tert-OH is 1. The molecule has 2 heterocycles. The molecule has 7 rings (SSSR count). The number of amides is 3. The number of hydrogen-bond acceptors (Lipinski definition) is 10. The van der Waals surface area contributed by atoms with Crippen molar-refractivity contribution >= 4 is 29.3 Å². The van der Waals surface area contributed by atoms with Crippen LogP contribution in [-0.2, 0) is 31.9 Å². The normalized spacial score (nSPS) is 18.9. The third kappa shape index (κ3) is 11.2. The van der Waals surface area contributed by atoms with Crippen molar-refractivity contribution in [2.45, 2.75) is 44.3 Å². The van der Waals surface area contributed by atoms with Crippen LogP contribution in [-0.4, -0.2) is 110 Å². The summed E-state index contributed by atoms with van der Waals surface area (Å²) in [5.41, 5.74) is 5.89. The van der Waals surface area contributed by atoms with Crippen LogP contribution in [0.5, 0.6) is 11.5 Å². The first-order chi connectivity index (χ1) is 28.7. The molecule has 13 heteroatoms. The van der Waals surface area contributed by atoms with Gasteiger partial charge in [0.15, 0.2) is 12.4 Å². The van der Waals surface area contributed by atoms with Crippen LogP contribution >= 0.6 is 0 Å². The highest BCUT2D eigenvalue weighted by atomic mass is 16.6. The maximum atomic E-state index is 12.9. The Kier molecular flexibility index (Phi) is 14.1. The van der Waals surface area contributed by atoms with Crippen LogP contribution < -0.4 is 20.7 Å². The largest absolute Gasteiger partial charge is 0.506 e. The number of likely N-dealkylation sites (N-methyl/N-ethyl adjacent to an activating group) is 1. The second kappa shape index (κ2) is 20.0. The van der Waals surface area contributed by atoms with Gasteiger partial charge in [-0.1, -0.05) is 72.8 Å². The minimum Gasteiger partial charge on any atom is -0.506 e. The van der Waals surface area contributed by atoms with E-state index in [0.717, 1.165) is 62.1 Å². The minimum absolute atomic E-state index is 0.0210. The number of likely N-dealkylation sites (tertiary alicyclic amines) is 1. The van der Waals surface area contributed by atoms with E-state index in [4.69, 9.17) is 14.2 Å². The smallest absolute Gasteiger partial charge is 0.411 e. The van der Waals surface area contributed by atoms with Gasteiger partial charge < -0.3 is 44.9 Å². The van der Waals surface area contributed by atoms with Gasteiger partial charge in [-0.2, -0.15) is 0 Å². The van der Waals surface area contributed by atoms with Crippen molar-refractivity contribution in [1.82, 2.24) is 15.1 Å². The number of carbonyl (C=O) groups excluding carboxylic acids is 3. The second-order valence-corrected chi connectivity index (χ2v) is 15.7. The molecule has 1 saturated carbocycles. The third-order valence-electron chi connectivity index (χ3n) is 11.6. The van der Waals surface area contributed by atoms with Gasteiger partial charge >= 0.3 is 6.09 Å². The summed E-state index contributed by atoms with van der Waals surface area (Å²) in [6.07, 6.45) is 2.49. The molecule has 3 aliphatic rings. The molecule has 59 heavy (non-hydrogen) atoms.